The number of aliphatic hydroxyl groups is 1. The summed E-state index contributed by atoms with van der Waals surface area (Å²) in [6, 6.07) is 53.4. The first-order chi connectivity index (χ1) is 51.7. The number of hydrogen-bond acceptors (Lipinski definition) is 10. The Morgan fingerprint density at radius 2 is 0.757 bits per heavy atom. The van der Waals surface area contributed by atoms with Crippen molar-refractivity contribution in [2.24, 2.45) is 0 Å². The average Bonchev–Trinajstić information content (AvgIpc) is 1.63. The number of nitrogens with one attached hydrogen (secondary N) is 3. The molecule has 107 heavy (non-hydrogen) atoms. The second kappa shape index (κ2) is 34.8. The van der Waals surface area contributed by atoms with Crippen LogP contribution in [0, 0.1) is 17.5 Å². The van der Waals surface area contributed by atoms with Gasteiger partial charge in [0, 0.05) is 66.3 Å². The molecule has 3 aromatic heterocycles. The van der Waals surface area contributed by atoms with Gasteiger partial charge in [0.2, 0.25) is 0 Å². The number of rotatable bonds is 14. The lowest BCUT2D eigenvalue weighted by Gasteiger charge is -2.28. The minimum Gasteiger partial charge on any atom is -0.391 e. The van der Waals surface area contributed by atoms with Crippen LogP contribution in [0.25, 0.3) is 52.0 Å². The zero-order valence-electron chi connectivity index (χ0n) is 57.5. The number of thioether (sulfide) groups is 3. The van der Waals surface area contributed by atoms with Crippen molar-refractivity contribution in [3.05, 3.63) is 314 Å². The SMILES string of the molecule is C[C@@H](NC(=O)c1nn(-c2ccc(Cl)cc2Cl)c2c1CSC/C2=C\c1ccc(F)cc1)c1ccccc1.C[C@H](NC(=O)c1nn(-c2ccc(Cl)cc2Cl)c2c1CSC/C2=C\c1ccc(F)cc1)c1ccccc1.O=C(N[C@@H]1CCCC[C@H]1O)c1nn(-c2ccc(Cl)cc2Cl)c2c1CSC/C2=C\c1ccc(F)cc1. The second-order valence-electron chi connectivity index (χ2n) is 25.8. The van der Waals surface area contributed by atoms with Gasteiger partial charge in [-0.15, -0.1) is 0 Å². The van der Waals surface area contributed by atoms with Crippen LogP contribution in [0.4, 0.5) is 13.2 Å². The highest BCUT2D eigenvalue weighted by Gasteiger charge is 2.35. The van der Waals surface area contributed by atoms with Crippen molar-refractivity contribution in [2.45, 2.75) is 81.0 Å². The summed E-state index contributed by atoms with van der Waals surface area (Å²) >= 11 is 43.2. The molecule has 1 fully saturated rings. The Hall–Kier alpha value is -8.44. The first kappa shape index (κ1) is 76.7. The number of benzene rings is 8. The van der Waals surface area contributed by atoms with Crippen LogP contribution in [0.3, 0.4) is 0 Å². The van der Waals surface area contributed by atoms with Crippen molar-refractivity contribution in [3.63, 3.8) is 0 Å². The molecule has 15 rings (SSSR count). The number of amides is 3. The van der Waals surface area contributed by atoms with Crippen molar-refractivity contribution in [1.29, 1.82) is 0 Å². The van der Waals surface area contributed by atoms with Gasteiger partial charge in [-0.25, -0.2) is 27.2 Å². The van der Waals surface area contributed by atoms with Gasteiger partial charge in [-0.05, 0) is 180 Å². The third-order valence-corrected chi connectivity index (χ3v) is 23.0. The summed E-state index contributed by atoms with van der Waals surface area (Å²) in [5.74, 6) is 2.29. The van der Waals surface area contributed by atoms with Crippen molar-refractivity contribution in [1.82, 2.24) is 45.3 Å². The van der Waals surface area contributed by atoms with Gasteiger partial charge in [-0.2, -0.15) is 50.6 Å². The maximum Gasteiger partial charge on any atom is 0.272 e. The van der Waals surface area contributed by atoms with Gasteiger partial charge >= 0.3 is 0 Å². The molecule has 4 N–H and O–H groups in total. The Bertz CT molecular complexity index is 4990. The number of aromatic nitrogens is 6. The summed E-state index contributed by atoms with van der Waals surface area (Å²) in [7, 11) is 0. The van der Waals surface area contributed by atoms with Crippen LogP contribution in [0.15, 0.2) is 188 Å². The van der Waals surface area contributed by atoms with E-state index in [9.17, 15) is 32.7 Å². The summed E-state index contributed by atoms with van der Waals surface area (Å²) in [4.78, 5) is 40.3. The lowest BCUT2D eigenvalue weighted by Crippen LogP contribution is -2.45. The third kappa shape index (κ3) is 18.1. The van der Waals surface area contributed by atoms with E-state index in [0.29, 0.717) is 105 Å². The third-order valence-electron chi connectivity index (χ3n) is 18.4. The molecule has 0 spiro atoms. The predicted molar refractivity (Wildman–Crippen MR) is 432 cm³/mol. The standard InChI is InChI=1S/2C28H22Cl2FN3OS.C26H24Cl2FN3O2S/c2*1-17(19-5-3-2-4-6-19)32-28(35)26-23-16-36-15-20(13-18-7-10-22(31)11-8-18)27(23)34(33-26)25-12-9-21(29)14-24(25)30;27-17-7-10-22(20(28)12-17)32-25-16(11-15-5-8-18(29)9-6-15)13-35-14-19(25)24(31-32)26(34)30-21-3-1-2-4-23(21)33/h2*2-14,17H,15-16H2,1H3,(H,32,35);5-12,21,23,33H,1-4,13-14H2,(H,30,34)/b2*20-13+;16-11+/t2*17-;21-,23-/m101/s1. The summed E-state index contributed by atoms with van der Waals surface area (Å²) in [5, 5.41) is 36.6. The van der Waals surface area contributed by atoms with E-state index in [-0.39, 0.29) is 53.3 Å². The molecule has 6 heterocycles. The molecule has 0 bridgehead atoms. The second-order valence-corrected chi connectivity index (χ2v) is 31.3. The first-order valence-electron chi connectivity index (χ1n) is 34.3. The molecule has 3 aliphatic heterocycles. The zero-order valence-corrected chi connectivity index (χ0v) is 64.5. The molecule has 11 aromatic rings. The fraction of sp³-hybridized carbons (Fsp3) is 0.195. The van der Waals surface area contributed by atoms with Gasteiger partial charge in [0.15, 0.2) is 17.1 Å². The smallest absolute Gasteiger partial charge is 0.272 e. The molecule has 3 amide bonds. The Labute approximate surface area is 659 Å². The van der Waals surface area contributed by atoms with E-state index in [1.54, 1.807) is 140 Å². The number of fused-ring (bicyclic) bond motifs is 3. The van der Waals surface area contributed by atoms with E-state index in [2.05, 4.69) is 16.0 Å². The van der Waals surface area contributed by atoms with E-state index in [1.165, 1.54) is 36.4 Å². The molecule has 13 nitrogen and oxygen atoms in total. The molecule has 1 saturated carbocycles. The molecule has 8 aromatic carbocycles. The van der Waals surface area contributed by atoms with Crippen molar-refractivity contribution in [3.8, 4) is 17.1 Å². The summed E-state index contributed by atoms with van der Waals surface area (Å²) < 4.78 is 45.6. The molecule has 1 aliphatic carbocycles. The topological polar surface area (TPSA) is 161 Å². The van der Waals surface area contributed by atoms with Crippen LogP contribution in [-0.4, -0.2) is 81.6 Å². The largest absolute Gasteiger partial charge is 0.391 e. The lowest BCUT2D eigenvalue weighted by atomic mass is 9.92. The fourth-order valence-electron chi connectivity index (χ4n) is 13.1. The van der Waals surface area contributed by atoms with Crippen LogP contribution in [-0.2, 0) is 17.3 Å². The summed E-state index contributed by atoms with van der Waals surface area (Å²) in [6.45, 7) is 3.89. The molecule has 546 valence electrons. The Morgan fingerprint density at radius 1 is 0.439 bits per heavy atom. The molecule has 4 atom stereocenters. The van der Waals surface area contributed by atoms with Crippen LogP contribution in [0.5, 0.6) is 0 Å². The normalized spacial score (nSPS) is 17.0. The predicted octanol–water partition coefficient (Wildman–Crippen LogP) is 21.3. The summed E-state index contributed by atoms with van der Waals surface area (Å²) in [5.41, 5.74) is 15.3. The van der Waals surface area contributed by atoms with Crippen LogP contribution in [0.2, 0.25) is 30.1 Å². The molecule has 0 saturated heterocycles. The molecule has 25 heteroatoms. The number of hydrogen-bond donors (Lipinski definition) is 4. The molecular weight excluding hydrogens is 1540 g/mol. The number of nitrogens with zero attached hydrogens (tertiary/aromatic N) is 6. The Morgan fingerprint density at radius 3 is 1.07 bits per heavy atom. The quantitative estimate of drug-likeness (QED) is 0.0825. The Kier molecular flexibility index (Phi) is 25.0. The van der Waals surface area contributed by atoms with E-state index in [4.69, 9.17) is 84.9 Å². The Balaban J connectivity index is 0.000000142. The molecule has 0 radical (unpaired) electrons. The number of carbonyl (C=O) groups is 3. The van der Waals surface area contributed by atoms with Crippen LogP contribution < -0.4 is 16.0 Å². The van der Waals surface area contributed by atoms with Crippen molar-refractivity contribution in [2.75, 3.05) is 17.3 Å². The van der Waals surface area contributed by atoms with E-state index in [0.717, 1.165) is 97.6 Å². The minimum atomic E-state index is -0.556. The average molecular weight is 1610 g/mol. The van der Waals surface area contributed by atoms with Crippen LogP contribution in [0.1, 0.15) is 145 Å². The number of halogens is 9. The number of carbonyl (C=O) groups excluding carboxylic acids is 3. The van der Waals surface area contributed by atoms with Crippen molar-refractivity contribution < 1.29 is 32.7 Å². The van der Waals surface area contributed by atoms with Crippen molar-refractivity contribution >= 4 is 158 Å². The first-order valence-corrected chi connectivity index (χ1v) is 40.0. The van der Waals surface area contributed by atoms with Gasteiger partial charge in [-0.1, -0.05) is 180 Å². The highest BCUT2D eigenvalue weighted by molar-refractivity contribution is 7.99. The van der Waals surface area contributed by atoms with E-state index in [1.807, 2.05) is 92.7 Å². The van der Waals surface area contributed by atoms with E-state index >= 15 is 0 Å². The monoisotopic (exact) mass is 1610 g/mol. The highest BCUT2D eigenvalue weighted by Crippen LogP contribution is 2.43. The lowest BCUT2D eigenvalue weighted by molar-refractivity contribution is 0.0713. The van der Waals surface area contributed by atoms with Gasteiger partial charge < -0.3 is 21.1 Å². The van der Waals surface area contributed by atoms with E-state index < -0.39 is 6.10 Å². The maximum atomic E-state index is 13.5. The van der Waals surface area contributed by atoms with Gasteiger partial charge in [0.05, 0.1) is 73.4 Å². The minimum absolute atomic E-state index is 0.191. The van der Waals surface area contributed by atoms with Gasteiger partial charge in [0.25, 0.3) is 17.7 Å². The molecular formula is C82H68Cl6F3N9O4S3. The maximum absolute atomic E-state index is 13.5. The zero-order chi connectivity index (χ0) is 75.0. The highest BCUT2D eigenvalue weighted by atomic mass is 35.5. The van der Waals surface area contributed by atoms with Crippen LogP contribution >= 0.6 is 105 Å². The molecule has 4 aliphatic rings. The fourth-order valence-corrected chi connectivity index (χ4v) is 17.6. The number of aliphatic hydroxyl groups excluding tert-OH is 1. The van der Waals surface area contributed by atoms with Gasteiger partial charge in [-0.3, -0.25) is 14.4 Å². The summed E-state index contributed by atoms with van der Waals surface area (Å²) in [6.07, 6.45) is 8.78. The molecule has 0 unspecified atom stereocenters. The van der Waals surface area contributed by atoms with Gasteiger partial charge in [0.1, 0.15) is 17.5 Å².